The van der Waals surface area contributed by atoms with E-state index in [1.54, 1.807) is 0 Å². The van der Waals surface area contributed by atoms with Crippen LogP contribution >= 0.6 is 19.2 Å². The number of ether oxygens (including phenoxy) is 2. The molecule has 4 rings (SSSR count). The van der Waals surface area contributed by atoms with E-state index >= 15 is 0 Å². The lowest BCUT2D eigenvalue weighted by molar-refractivity contribution is -0.0890. The van der Waals surface area contributed by atoms with Gasteiger partial charge in [0.25, 0.3) is 0 Å². The third-order valence-electron chi connectivity index (χ3n) is 5.88. The number of halogens is 1. The second-order valence-corrected chi connectivity index (χ2v) is 10.4. The van der Waals surface area contributed by atoms with E-state index in [9.17, 15) is 29.7 Å². The van der Waals surface area contributed by atoms with E-state index in [1.807, 2.05) is 0 Å². The molecular weight excluding hydrogens is 481 g/mol. The Hall–Kier alpha value is -1.41. The van der Waals surface area contributed by atoms with Crippen molar-refractivity contribution >= 4 is 36.0 Å². The zero-order valence-corrected chi connectivity index (χ0v) is 19.4. The maximum Gasteiger partial charge on any atom is 0.356 e. The van der Waals surface area contributed by atoms with Crippen LogP contribution in [0.2, 0.25) is 5.28 Å². The molecule has 6 atom stereocenters. The van der Waals surface area contributed by atoms with Crippen molar-refractivity contribution in [1.29, 1.82) is 0 Å². The minimum absolute atomic E-state index is 0.0286. The molecule has 33 heavy (non-hydrogen) atoms. The predicted molar refractivity (Wildman–Crippen MR) is 116 cm³/mol. The van der Waals surface area contributed by atoms with Gasteiger partial charge in [-0.1, -0.05) is 12.8 Å². The van der Waals surface area contributed by atoms with E-state index in [1.165, 1.54) is 17.8 Å². The number of aliphatic hydroxyl groups excluding tert-OH is 3. The van der Waals surface area contributed by atoms with Crippen molar-refractivity contribution in [3.63, 3.8) is 0 Å². The number of nitrogens with one attached hydrogen (secondary N) is 1. The number of hydrogen-bond donors (Lipinski definition) is 6. The fourth-order valence-corrected chi connectivity index (χ4v) is 5.25. The van der Waals surface area contributed by atoms with Crippen LogP contribution in [0.1, 0.15) is 38.8 Å². The van der Waals surface area contributed by atoms with Gasteiger partial charge in [0.2, 0.25) is 5.28 Å². The molecule has 2 aromatic heterocycles. The van der Waals surface area contributed by atoms with Crippen LogP contribution in [0.4, 0.5) is 5.82 Å². The largest absolute Gasteiger partial charge is 0.390 e. The Morgan fingerprint density at radius 3 is 2.64 bits per heavy atom. The zero-order valence-electron chi connectivity index (χ0n) is 17.7. The van der Waals surface area contributed by atoms with Gasteiger partial charge >= 0.3 is 7.60 Å². The van der Waals surface area contributed by atoms with Crippen LogP contribution < -0.4 is 5.32 Å². The Morgan fingerprint density at radius 2 is 2.00 bits per heavy atom. The molecule has 2 fully saturated rings. The van der Waals surface area contributed by atoms with Gasteiger partial charge in [0.1, 0.15) is 24.1 Å². The summed E-state index contributed by atoms with van der Waals surface area (Å²) in [5.74, 6) is -1.29. The van der Waals surface area contributed by atoms with Gasteiger partial charge in [0.15, 0.2) is 17.7 Å². The summed E-state index contributed by atoms with van der Waals surface area (Å²) >= 11 is 6.12. The van der Waals surface area contributed by atoms with Gasteiger partial charge in [0.05, 0.1) is 24.3 Å². The molecule has 0 unspecified atom stereocenters. The maximum absolute atomic E-state index is 11.5. The number of rotatable bonds is 8. The molecule has 2 aromatic rings. The van der Waals surface area contributed by atoms with Gasteiger partial charge in [-0.2, -0.15) is 15.1 Å². The Balaban J connectivity index is 1.54. The SMILES string of the molecule is C[C@H](O)[C@H](OC[C@H]1O[C@@H](n2ncc3c(NC4CCCC4)nc(Cl)nc32)[C@H](O)[C@@H]1O)P(=O)(O)O. The van der Waals surface area contributed by atoms with Crippen LogP contribution in [0.5, 0.6) is 0 Å². The molecule has 0 aromatic carbocycles. The third kappa shape index (κ3) is 5.16. The van der Waals surface area contributed by atoms with E-state index in [-0.39, 0.29) is 17.0 Å². The van der Waals surface area contributed by atoms with Crippen molar-refractivity contribution in [3.05, 3.63) is 11.5 Å². The average Bonchev–Trinajstić information content (AvgIpc) is 3.43. The van der Waals surface area contributed by atoms with Crippen LogP contribution in [0.25, 0.3) is 11.0 Å². The molecule has 13 nitrogen and oxygen atoms in total. The van der Waals surface area contributed by atoms with Gasteiger partial charge < -0.3 is 39.9 Å². The molecular formula is C18H27ClN5O8P. The van der Waals surface area contributed by atoms with Crippen LogP contribution in [0.15, 0.2) is 6.20 Å². The smallest absolute Gasteiger partial charge is 0.356 e. The Labute approximate surface area is 193 Å². The van der Waals surface area contributed by atoms with E-state index in [4.69, 9.17) is 21.1 Å². The number of nitrogens with zero attached hydrogens (tertiary/aromatic N) is 4. The van der Waals surface area contributed by atoms with E-state index in [2.05, 4.69) is 20.4 Å². The zero-order chi connectivity index (χ0) is 23.9. The van der Waals surface area contributed by atoms with E-state index < -0.39 is 50.7 Å². The quantitative estimate of drug-likeness (QED) is 0.212. The first-order valence-electron chi connectivity index (χ1n) is 10.6. The highest BCUT2D eigenvalue weighted by Gasteiger charge is 2.46. The standard InChI is InChI=1S/C18H27ClN5O8P/c1-8(25)17(33(28,29)30)31-7-11-12(26)13(27)16(32-11)24-15-10(6-20-24)14(22-18(19)23-15)21-9-4-2-3-5-9/h6,8-9,11-13,16-17,25-27H,2-5,7H2,1H3,(H,21,22,23)(H2,28,29,30)/t8-,11+,12+,13+,16+,17+/m0/s1. The predicted octanol–water partition coefficient (Wildman–Crippen LogP) is 0.355. The Bertz CT molecular complexity index is 1030. The lowest BCUT2D eigenvalue weighted by atomic mass is 10.1. The molecule has 2 aliphatic rings. The highest BCUT2D eigenvalue weighted by Crippen LogP contribution is 2.44. The molecule has 1 saturated heterocycles. The van der Waals surface area contributed by atoms with Gasteiger partial charge in [-0.05, 0) is 31.4 Å². The van der Waals surface area contributed by atoms with E-state index in [0.717, 1.165) is 25.7 Å². The van der Waals surface area contributed by atoms with Crippen molar-refractivity contribution in [1.82, 2.24) is 19.7 Å². The minimum Gasteiger partial charge on any atom is -0.390 e. The fraction of sp³-hybridized carbons (Fsp3) is 0.722. The molecule has 0 amide bonds. The van der Waals surface area contributed by atoms with Gasteiger partial charge in [0, 0.05) is 6.04 Å². The summed E-state index contributed by atoms with van der Waals surface area (Å²) in [5.41, 5.74) is 0.283. The molecule has 6 N–H and O–H groups in total. The highest BCUT2D eigenvalue weighted by molar-refractivity contribution is 7.52. The Kier molecular flexibility index (Phi) is 7.25. The second kappa shape index (κ2) is 9.68. The summed E-state index contributed by atoms with van der Waals surface area (Å²) in [4.78, 5) is 27.1. The summed E-state index contributed by atoms with van der Waals surface area (Å²) in [6, 6.07) is 0.259. The van der Waals surface area contributed by atoms with Crippen LogP contribution in [0, 0.1) is 0 Å². The minimum atomic E-state index is -4.77. The molecule has 1 saturated carbocycles. The highest BCUT2D eigenvalue weighted by atomic mass is 35.5. The summed E-state index contributed by atoms with van der Waals surface area (Å²) in [7, 11) is -4.77. The molecule has 0 bridgehead atoms. The summed E-state index contributed by atoms with van der Waals surface area (Å²) in [5, 5.41) is 38.7. The molecule has 15 heteroatoms. The summed E-state index contributed by atoms with van der Waals surface area (Å²) < 4.78 is 23.6. The first-order valence-corrected chi connectivity index (χ1v) is 12.7. The average molecular weight is 508 g/mol. The molecule has 3 heterocycles. The molecule has 184 valence electrons. The Morgan fingerprint density at radius 1 is 1.30 bits per heavy atom. The topological polar surface area (TPSA) is 192 Å². The molecule has 1 aliphatic carbocycles. The number of hydrogen-bond acceptors (Lipinski definition) is 10. The number of anilines is 1. The van der Waals surface area contributed by atoms with E-state index in [0.29, 0.717) is 11.2 Å². The third-order valence-corrected chi connectivity index (χ3v) is 7.29. The number of fused-ring (bicyclic) bond motifs is 1. The van der Waals surface area contributed by atoms with Crippen LogP contribution in [0.3, 0.4) is 0 Å². The first kappa shape index (κ1) is 24.7. The molecule has 0 spiro atoms. The monoisotopic (exact) mass is 507 g/mol. The lowest BCUT2D eigenvalue weighted by Gasteiger charge is -2.24. The second-order valence-electron chi connectivity index (χ2n) is 8.39. The van der Waals surface area contributed by atoms with Crippen molar-refractivity contribution < 1.29 is 39.1 Å². The van der Waals surface area contributed by atoms with Crippen molar-refractivity contribution in [2.45, 2.75) is 75.1 Å². The normalized spacial score (nSPS) is 28.5. The summed E-state index contributed by atoms with van der Waals surface area (Å²) in [6.45, 7) is 0.683. The van der Waals surface area contributed by atoms with Crippen molar-refractivity contribution in [2.24, 2.45) is 0 Å². The van der Waals surface area contributed by atoms with Gasteiger partial charge in [-0.25, -0.2) is 4.68 Å². The molecule has 1 aliphatic heterocycles. The van der Waals surface area contributed by atoms with Gasteiger partial charge in [-0.3, -0.25) is 4.57 Å². The maximum atomic E-state index is 11.5. The first-order chi connectivity index (χ1) is 15.6. The fourth-order valence-electron chi connectivity index (χ4n) is 4.24. The van der Waals surface area contributed by atoms with Crippen molar-refractivity contribution in [3.8, 4) is 0 Å². The van der Waals surface area contributed by atoms with Crippen LogP contribution in [-0.4, -0.2) is 87.8 Å². The van der Waals surface area contributed by atoms with Crippen LogP contribution in [-0.2, 0) is 14.0 Å². The molecule has 0 radical (unpaired) electrons. The summed E-state index contributed by atoms with van der Waals surface area (Å²) in [6.07, 6.45) is -0.898. The number of aromatic nitrogens is 4. The lowest BCUT2D eigenvalue weighted by Crippen LogP contribution is -2.36. The van der Waals surface area contributed by atoms with Gasteiger partial charge in [-0.15, -0.1) is 0 Å². The number of aliphatic hydroxyl groups is 3. The van der Waals surface area contributed by atoms with Crippen molar-refractivity contribution in [2.75, 3.05) is 11.9 Å².